The van der Waals surface area contributed by atoms with E-state index in [1.165, 1.54) is 7.11 Å². The predicted molar refractivity (Wildman–Crippen MR) is 89.3 cm³/mol. The van der Waals surface area contributed by atoms with Crippen molar-refractivity contribution in [3.8, 4) is 0 Å². The Hall–Kier alpha value is -1.53. The number of rotatable bonds is 8. The summed E-state index contributed by atoms with van der Waals surface area (Å²) in [5.74, 6) is -0.233. The zero-order valence-corrected chi connectivity index (χ0v) is 15.4. The molecule has 2 heterocycles. The van der Waals surface area contributed by atoms with Crippen molar-refractivity contribution in [3.63, 3.8) is 0 Å². The minimum absolute atomic E-state index is 0.0540. The molecule has 0 bridgehead atoms. The average molecular weight is 397 g/mol. The maximum absolute atomic E-state index is 13.0. The average Bonchev–Trinajstić information content (AvgIpc) is 2.94. The number of nitrogens with one attached hydrogen (secondary N) is 1. The lowest BCUT2D eigenvalue weighted by atomic mass is 10.3. The molecule has 1 aromatic heterocycles. The van der Waals surface area contributed by atoms with Crippen LogP contribution in [0, 0.1) is 0 Å². The van der Waals surface area contributed by atoms with E-state index in [1.807, 2.05) is 0 Å². The molecule has 1 amide bonds. The Morgan fingerprint density at radius 2 is 2.08 bits per heavy atom. The van der Waals surface area contributed by atoms with Crippen LogP contribution in [-0.2, 0) is 20.8 Å². The van der Waals surface area contributed by atoms with E-state index in [2.05, 4.69) is 15.5 Å². The largest absolute Gasteiger partial charge is 0.406 e. The Morgan fingerprint density at radius 3 is 2.69 bits per heavy atom. The molecule has 12 heteroatoms. The number of morpholine rings is 1. The number of carbonyl (C=O) groups is 1. The van der Waals surface area contributed by atoms with Crippen molar-refractivity contribution in [2.24, 2.45) is 0 Å². The highest BCUT2D eigenvalue weighted by Gasteiger charge is 2.33. The molecule has 0 spiro atoms. The second-order valence-electron chi connectivity index (χ2n) is 5.80. The Morgan fingerprint density at radius 1 is 1.38 bits per heavy atom. The predicted octanol–water partition coefficient (Wildman–Crippen LogP) is 0.920. The van der Waals surface area contributed by atoms with Gasteiger partial charge in [0.1, 0.15) is 6.54 Å². The molecule has 1 atom stereocenters. The fourth-order valence-electron chi connectivity index (χ4n) is 2.44. The van der Waals surface area contributed by atoms with Crippen LogP contribution in [0.15, 0.2) is 5.16 Å². The van der Waals surface area contributed by atoms with Gasteiger partial charge in [0.15, 0.2) is 5.16 Å². The second-order valence-corrected chi connectivity index (χ2v) is 6.74. The SMILES string of the molecule is COCC(C)NC(=O)CSc1nnc(N2CCOCC2)n1CC(F)(F)F. The number of alkyl halides is 3. The molecule has 0 saturated carbocycles. The molecule has 0 aliphatic carbocycles. The molecule has 1 aliphatic heterocycles. The van der Waals surface area contributed by atoms with Crippen LogP contribution in [0.4, 0.5) is 19.1 Å². The minimum atomic E-state index is -4.42. The first-order valence-electron chi connectivity index (χ1n) is 8.04. The number of aromatic nitrogens is 3. The van der Waals surface area contributed by atoms with E-state index >= 15 is 0 Å². The van der Waals surface area contributed by atoms with Gasteiger partial charge in [-0.15, -0.1) is 10.2 Å². The van der Waals surface area contributed by atoms with Crippen LogP contribution in [0.5, 0.6) is 0 Å². The monoisotopic (exact) mass is 397 g/mol. The molecule has 26 heavy (non-hydrogen) atoms. The molecule has 1 unspecified atom stereocenters. The number of amides is 1. The van der Waals surface area contributed by atoms with E-state index in [1.54, 1.807) is 11.8 Å². The van der Waals surface area contributed by atoms with E-state index in [9.17, 15) is 18.0 Å². The molecule has 0 aromatic carbocycles. The molecule has 0 radical (unpaired) electrons. The number of nitrogens with zero attached hydrogens (tertiary/aromatic N) is 4. The maximum Gasteiger partial charge on any atom is 0.406 e. The van der Waals surface area contributed by atoms with Gasteiger partial charge in [0.05, 0.1) is 25.6 Å². The lowest BCUT2D eigenvalue weighted by Crippen LogP contribution is -2.38. The third-order valence-corrected chi connectivity index (χ3v) is 4.45. The van der Waals surface area contributed by atoms with Gasteiger partial charge in [-0.1, -0.05) is 11.8 Å². The molecule has 1 N–H and O–H groups in total. The van der Waals surface area contributed by atoms with Crippen LogP contribution < -0.4 is 10.2 Å². The van der Waals surface area contributed by atoms with Gasteiger partial charge in [0.25, 0.3) is 0 Å². The minimum Gasteiger partial charge on any atom is -0.383 e. The van der Waals surface area contributed by atoms with E-state index in [0.717, 1.165) is 16.3 Å². The molecule has 1 fully saturated rings. The number of thioether (sulfide) groups is 1. The molecule has 1 aromatic rings. The number of anilines is 1. The van der Waals surface area contributed by atoms with Crippen molar-refractivity contribution in [2.45, 2.75) is 30.8 Å². The number of ether oxygens (including phenoxy) is 2. The second kappa shape index (κ2) is 9.42. The molecule has 8 nitrogen and oxygen atoms in total. The first kappa shape index (κ1) is 20.8. The van der Waals surface area contributed by atoms with Gasteiger partial charge < -0.3 is 19.7 Å². The van der Waals surface area contributed by atoms with Gasteiger partial charge in [-0.3, -0.25) is 9.36 Å². The quantitative estimate of drug-likeness (QED) is 0.654. The smallest absolute Gasteiger partial charge is 0.383 e. The fourth-order valence-corrected chi connectivity index (χ4v) is 3.19. The van der Waals surface area contributed by atoms with Crippen molar-refractivity contribution in [1.82, 2.24) is 20.1 Å². The van der Waals surface area contributed by atoms with Gasteiger partial charge in [-0.05, 0) is 6.92 Å². The summed E-state index contributed by atoms with van der Waals surface area (Å²) in [6.07, 6.45) is -4.42. The Bertz CT molecular complexity index is 593. The molecule has 2 rings (SSSR count). The van der Waals surface area contributed by atoms with Gasteiger partial charge in [-0.2, -0.15) is 13.2 Å². The highest BCUT2D eigenvalue weighted by atomic mass is 32.2. The van der Waals surface area contributed by atoms with E-state index in [-0.39, 0.29) is 28.8 Å². The number of hydrogen-bond acceptors (Lipinski definition) is 7. The summed E-state index contributed by atoms with van der Waals surface area (Å²) in [4.78, 5) is 13.6. The first-order chi connectivity index (χ1) is 12.3. The van der Waals surface area contributed by atoms with Crippen molar-refractivity contribution in [2.75, 3.05) is 50.7 Å². The normalized spacial score (nSPS) is 16.6. The van der Waals surface area contributed by atoms with Crippen LogP contribution in [0.2, 0.25) is 0 Å². The van der Waals surface area contributed by atoms with Gasteiger partial charge in [-0.25, -0.2) is 0 Å². The van der Waals surface area contributed by atoms with E-state index in [0.29, 0.717) is 32.9 Å². The van der Waals surface area contributed by atoms with Crippen LogP contribution >= 0.6 is 11.8 Å². The van der Waals surface area contributed by atoms with E-state index < -0.39 is 12.7 Å². The highest BCUT2D eigenvalue weighted by molar-refractivity contribution is 7.99. The Kier molecular flexibility index (Phi) is 7.53. The topological polar surface area (TPSA) is 81.5 Å². The molecule has 148 valence electrons. The van der Waals surface area contributed by atoms with Gasteiger partial charge in [0.2, 0.25) is 11.9 Å². The molecule has 1 saturated heterocycles. The lowest BCUT2D eigenvalue weighted by molar-refractivity contribution is -0.141. The van der Waals surface area contributed by atoms with Gasteiger partial charge >= 0.3 is 6.18 Å². The van der Waals surface area contributed by atoms with Gasteiger partial charge in [0, 0.05) is 26.2 Å². The summed E-state index contributed by atoms with van der Waals surface area (Å²) >= 11 is 0.919. The lowest BCUT2D eigenvalue weighted by Gasteiger charge is -2.28. The van der Waals surface area contributed by atoms with Crippen molar-refractivity contribution < 1.29 is 27.4 Å². The molecule has 1 aliphatic rings. The van der Waals surface area contributed by atoms with E-state index in [4.69, 9.17) is 9.47 Å². The third kappa shape index (κ3) is 6.32. The maximum atomic E-state index is 13.0. The zero-order valence-electron chi connectivity index (χ0n) is 14.6. The summed E-state index contributed by atoms with van der Waals surface area (Å²) in [5.41, 5.74) is 0. The van der Waals surface area contributed by atoms with Crippen LogP contribution in [0.3, 0.4) is 0 Å². The Balaban J connectivity index is 2.06. The van der Waals surface area contributed by atoms with Crippen LogP contribution in [0.1, 0.15) is 6.92 Å². The summed E-state index contributed by atoms with van der Waals surface area (Å²) in [6, 6.07) is -0.190. The summed E-state index contributed by atoms with van der Waals surface area (Å²) < 4.78 is 50.1. The van der Waals surface area contributed by atoms with Crippen molar-refractivity contribution >= 4 is 23.6 Å². The summed E-state index contributed by atoms with van der Waals surface area (Å²) in [7, 11) is 1.52. The number of carbonyl (C=O) groups excluding carboxylic acids is 1. The van der Waals surface area contributed by atoms with Crippen molar-refractivity contribution in [3.05, 3.63) is 0 Å². The number of methoxy groups -OCH3 is 1. The fraction of sp³-hybridized carbons (Fsp3) is 0.786. The standard InChI is InChI=1S/C14H22F3N5O3S/c1-10(7-24-2)18-11(23)8-26-13-20-19-12(21-3-5-25-6-4-21)22(13)9-14(15,16)17/h10H,3-9H2,1-2H3,(H,18,23). The number of hydrogen-bond donors (Lipinski definition) is 1. The first-order valence-corrected chi connectivity index (χ1v) is 9.02. The number of halogens is 3. The molecular weight excluding hydrogens is 375 g/mol. The zero-order chi connectivity index (χ0) is 19.2. The highest BCUT2D eigenvalue weighted by Crippen LogP contribution is 2.27. The van der Waals surface area contributed by atoms with Crippen LogP contribution in [0.25, 0.3) is 0 Å². The molecular formula is C14H22F3N5O3S. The van der Waals surface area contributed by atoms with Crippen molar-refractivity contribution in [1.29, 1.82) is 0 Å². The Labute approximate surface area is 153 Å². The summed E-state index contributed by atoms with van der Waals surface area (Å²) in [6.45, 7) is 2.63. The summed E-state index contributed by atoms with van der Waals surface area (Å²) in [5, 5.41) is 10.5. The van der Waals surface area contributed by atoms with Crippen LogP contribution in [-0.4, -0.2) is 78.7 Å². The third-order valence-electron chi connectivity index (χ3n) is 3.49.